The summed E-state index contributed by atoms with van der Waals surface area (Å²) in [6.45, 7) is 0. The Labute approximate surface area is 120 Å². The van der Waals surface area contributed by atoms with Gasteiger partial charge in [-0.25, -0.2) is 9.69 Å². The van der Waals surface area contributed by atoms with Crippen molar-refractivity contribution in [1.29, 1.82) is 0 Å². The van der Waals surface area contributed by atoms with E-state index in [1.807, 2.05) is 0 Å². The number of benzene rings is 1. The Morgan fingerprint density at radius 3 is 2.19 bits per heavy atom. The number of carboxylic acid groups (broad SMARTS) is 1. The minimum atomic E-state index is -4.78. The first-order valence-electron chi connectivity index (χ1n) is 5.59. The predicted molar refractivity (Wildman–Crippen MR) is 68.2 cm³/mol. The number of nitrogens with zero attached hydrogens (tertiary/aromatic N) is 1. The zero-order valence-electron chi connectivity index (χ0n) is 10.3. The number of hydrogen-bond acceptors (Lipinski definition) is 4. The van der Waals surface area contributed by atoms with Crippen LogP contribution in [0.4, 0.5) is 18.9 Å². The Balaban J connectivity index is 2.57. The second-order valence-electron chi connectivity index (χ2n) is 4.19. The summed E-state index contributed by atoms with van der Waals surface area (Å²) in [7, 11) is 0. The summed E-state index contributed by atoms with van der Waals surface area (Å²) in [5.41, 5.74) is -2.24. The highest BCUT2D eigenvalue weighted by Gasteiger charge is 2.35. The maximum Gasteiger partial charge on any atom is 0.416 e. The van der Waals surface area contributed by atoms with Crippen LogP contribution >= 0.6 is 11.8 Å². The third-order valence-corrected chi connectivity index (χ3v) is 3.60. The van der Waals surface area contributed by atoms with Gasteiger partial charge in [-0.3, -0.25) is 9.59 Å². The fourth-order valence-electron chi connectivity index (χ4n) is 1.81. The molecule has 1 aliphatic heterocycles. The van der Waals surface area contributed by atoms with Crippen molar-refractivity contribution in [3.8, 4) is 0 Å². The molecule has 2 amide bonds. The van der Waals surface area contributed by atoms with Gasteiger partial charge in [0, 0.05) is 0 Å². The van der Waals surface area contributed by atoms with Gasteiger partial charge >= 0.3 is 12.1 Å². The van der Waals surface area contributed by atoms with Gasteiger partial charge in [0.15, 0.2) is 0 Å². The maximum absolute atomic E-state index is 12.8. The van der Waals surface area contributed by atoms with E-state index in [0.717, 1.165) is 17.8 Å². The normalized spacial score (nSPS) is 16.2. The molecule has 112 valence electrons. The Kier molecular flexibility index (Phi) is 3.95. The second-order valence-corrected chi connectivity index (χ2v) is 5.17. The minimum absolute atomic E-state index is 0.0512. The van der Waals surface area contributed by atoms with Gasteiger partial charge in [0.2, 0.25) is 11.8 Å². The van der Waals surface area contributed by atoms with E-state index in [-0.39, 0.29) is 17.2 Å². The van der Waals surface area contributed by atoms with Gasteiger partial charge in [0.25, 0.3) is 0 Å². The maximum atomic E-state index is 12.8. The lowest BCUT2D eigenvalue weighted by Crippen LogP contribution is -2.43. The van der Waals surface area contributed by atoms with Crippen LogP contribution in [-0.2, 0) is 15.8 Å². The Bertz CT molecular complexity index is 613. The summed E-state index contributed by atoms with van der Waals surface area (Å²) in [4.78, 5) is 34.9. The van der Waals surface area contributed by atoms with Crippen LogP contribution in [-0.4, -0.2) is 34.4 Å². The minimum Gasteiger partial charge on any atom is -0.478 e. The molecule has 1 aromatic rings. The van der Waals surface area contributed by atoms with E-state index in [0.29, 0.717) is 17.0 Å². The molecule has 0 atom stereocenters. The number of carbonyl (C=O) groups is 3. The molecule has 21 heavy (non-hydrogen) atoms. The van der Waals surface area contributed by atoms with E-state index in [1.165, 1.54) is 0 Å². The third kappa shape index (κ3) is 3.18. The number of imide groups is 1. The Morgan fingerprint density at radius 1 is 1.14 bits per heavy atom. The average molecular weight is 319 g/mol. The summed E-state index contributed by atoms with van der Waals surface area (Å²) in [5.74, 6) is -3.03. The molecule has 0 radical (unpaired) electrons. The van der Waals surface area contributed by atoms with E-state index in [2.05, 4.69) is 0 Å². The van der Waals surface area contributed by atoms with Crippen molar-refractivity contribution in [1.82, 2.24) is 0 Å². The van der Waals surface area contributed by atoms with Gasteiger partial charge in [-0.2, -0.15) is 13.2 Å². The van der Waals surface area contributed by atoms with Gasteiger partial charge in [-0.1, -0.05) is 0 Å². The van der Waals surface area contributed by atoms with Crippen molar-refractivity contribution in [2.45, 2.75) is 6.18 Å². The van der Waals surface area contributed by atoms with Crippen LogP contribution in [0.15, 0.2) is 18.2 Å². The fraction of sp³-hybridized carbons (Fsp3) is 0.250. The number of thioether (sulfide) groups is 1. The number of rotatable bonds is 2. The van der Waals surface area contributed by atoms with E-state index < -0.39 is 35.1 Å². The summed E-state index contributed by atoms with van der Waals surface area (Å²) >= 11 is 1.05. The van der Waals surface area contributed by atoms with Gasteiger partial charge < -0.3 is 5.11 Å². The zero-order valence-corrected chi connectivity index (χ0v) is 11.1. The topological polar surface area (TPSA) is 74.7 Å². The first-order valence-corrected chi connectivity index (χ1v) is 6.74. The SMILES string of the molecule is O=C(O)c1cc(N2C(=O)CSCC2=O)cc(C(F)(F)F)c1. The van der Waals surface area contributed by atoms with Crippen molar-refractivity contribution in [3.63, 3.8) is 0 Å². The number of aromatic carboxylic acids is 1. The lowest BCUT2D eigenvalue weighted by Gasteiger charge is -2.25. The number of hydrogen-bond donors (Lipinski definition) is 1. The van der Waals surface area contributed by atoms with Crippen molar-refractivity contribution in [2.24, 2.45) is 0 Å². The molecule has 1 aromatic carbocycles. The molecular formula is C12H8F3NO4S. The van der Waals surface area contributed by atoms with Crippen LogP contribution in [0.25, 0.3) is 0 Å². The quantitative estimate of drug-likeness (QED) is 0.844. The lowest BCUT2D eigenvalue weighted by molar-refractivity contribution is -0.137. The highest BCUT2D eigenvalue weighted by Crippen LogP contribution is 2.34. The van der Waals surface area contributed by atoms with Crippen molar-refractivity contribution >= 4 is 35.2 Å². The van der Waals surface area contributed by atoms with Crippen LogP contribution in [0.3, 0.4) is 0 Å². The third-order valence-electron chi connectivity index (χ3n) is 2.70. The molecule has 0 bridgehead atoms. The molecule has 1 heterocycles. The smallest absolute Gasteiger partial charge is 0.416 e. The van der Waals surface area contributed by atoms with E-state index in [9.17, 15) is 27.6 Å². The van der Waals surface area contributed by atoms with Gasteiger partial charge in [0.1, 0.15) is 0 Å². The van der Waals surface area contributed by atoms with E-state index >= 15 is 0 Å². The molecular weight excluding hydrogens is 311 g/mol. The van der Waals surface area contributed by atoms with Gasteiger partial charge in [-0.15, -0.1) is 11.8 Å². The second kappa shape index (κ2) is 5.40. The molecule has 1 N–H and O–H groups in total. The van der Waals surface area contributed by atoms with Crippen molar-refractivity contribution in [2.75, 3.05) is 16.4 Å². The number of anilines is 1. The molecule has 0 aromatic heterocycles. The monoisotopic (exact) mass is 319 g/mol. The number of carbonyl (C=O) groups excluding carboxylic acids is 2. The fourth-order valence-corrected chi connectivity index (χ4v) is 2.52. The zero-order chi connectivity index (χ0) is 15.8. The molecule has 9 heteroatoms. The van der Waals surface area contributed by atoms with Gasteiger partial charge in [-0.05, 0) is 18.2 Å². The molecule has 1 aliphatic rings. The molecule has 2 rings (SSSR count). The number of carboxylic acids is 1. The van der Waals surface area contributed by atoms with E-state index in [1.54, 1.807) is 0 Å². The highest BCUT2D eigenvalue weighted by atomic mass is 32.2. The number of alkyl halides is 3. The van der Waals surface area contributed by atoms with Gasteiger partial charge in [0.05, 0.1) is 28.3 Å². The average Bonchev–Trinajstić information content (AvgIpc) is 2.37. The van der Waals surface area contributed by atoms with Crippen LogP contribution in [0.5, 0.6) is 0 Å². The molecule has 5 nitrogen and oxygen atoms in total. The molecule has 1 saturated heterocycles. The Morgan fingerprint density at radius 2 is 1.71 bits per heavy atom. The molecule has 0 saturated carbocycles. The highest BCUT2D eigenvalue weighted by molar-refractivity contribution is 8.00. The van der Waals surface area contributed by atoms with Crippen molar-refractivity contribution < 1.29 is 32.7 Å². The van der Waals surface area contributed by atoms with Crippen LogP contribution in [0.1, 0.15) is 15.9 Å². The molecule has 0 aliphatic carbocycles. The summed E-state index contributed by atoms with van der Waals surface area (Å²) in [6.07, 6.45) is -4.78. The molecule has 0 unspecified atom stereocenters. The largest absolute Gasteiger partial charge is 0.478 e. The molecule has 1 fully saturated rings. The van der Waals surface area contributed by atoms with Crippen LogP contribution in [0.2, 0.25) is 0 Å². The lowest BCUT2D eigenvalue weighted by atomic mass is 10.1. The first-order chi connectivity index (χ1) is 9.70. The number of amides is 2. The van der Waals surface area contributed by atoms with Crippen molar-refractivity contribution in [3.05, 3.63) is 29.3 Å². The first kappa shape index (κ1) is 15.4. The summed E-state index contributed by atoms with van der Waals surface area (Å²) in [6, 6.07) is 1.93. The summed E-state index contributed by atoms with van der Waals surface area (Å²) < 4.78 is 38.4. The predicted octanol–water partition coefficient (Wildman–Crippen LogP) is 2.01. The molecule has 0 spiro atoms. The Hall–Kier alpha value is -2.03. The van der Waals surface area contributed by atoms with Crippen LogP contribution < -0.4 is 4.90 Å². The van der Waals surface area contributed by atoms with E-state index in [4.69, 9.17) is 5.11 Å². The standard InChI is InChI=1S/C12H8F3NO4S/c13-12(14,15)7-1-6(11(19)20)2-8(3-7)16-9(17)4-21-5-10(16)18/h1-3H,4-5H2,(H,19,20). The van der Waals surface area contributed by atoms with Crippen LogP contribution in [0, 0.1) is 0 Å². The summed E-state index contributed by atoms with van der Waals surface area (Å²) in [5, 5.41) is 8.87. The number of halogens is 3.